The van der Waals surface area contributed by atoms with Gasteiger partial charge in [0.1, 0.15) is 0 Å². The zero-order chi connectivity index (χ0) is 19.0. The summed E-state index contributed by atoms with van der Waals surface area (Å²) in [4.78, 5) is 26.7. The average molecular weight is 362 g/mol. The lowest BCUT2D eigenvalue weighted by atomic mass is 9.95. The minimum Gasteiger partial charge on any atom is -0.342 e. The first-order valence-corrected chi connectivity index (χ1v) is 9.84. The highest BCUT2D eigenvalue weighted by Crippen LogP contribution is 2.37. The third-order valence-corrected chi connectivity index (χ3v) is 5.73. The summed E-state index contributed by atoms with van der Waals surface area (Å²) in [5, 5.41) is 3.09. The fourth-order valence-electron chi connectivity index (χ4n) is 4.19. The Balaban J connectivity index is 1.39. The van der Waals surface area contributed by atoms with E-state index in [1.54, 1.807) is 0 Å². The summed E-state index contributed by atoms with van der Waals surface area (Å²) in [7, 11) is 0. The zero-order valence-corrected chi connectivity index (χ0v) is 16.0. The SMILES string of the molecule is CC(C)C(=O)N1CCC(C(=O)Nc2ccc3c(c2)Cc2ccccc2-3)CC1. The number of fused-ring (bicyclic) bond motifs is 3. The minimum absolute atomic E-state index is 0.0194. The van der Waals surface area contributed by atoms with Crippen molar-refractivity contribution in [3.05, 3.63) is 53.6 Å². The number of amides is 2. The summed E-state index contributed by atoms with van der Waals surface area (Å²) in [6, 6.07) is 14.7. The lowest BCUT2D eigenvalue weighted by Crippen LogP contribution is -2.43. The molecule has 1 aliphatic carbocycles. The van der Waals surface area contributed by atoms with E-state index in [1.165, 1.54) is 22.3 Å². The summed E-state index contributed by atoms with van der Waals surface area (Å²) >= 11 is 0. The number of hydrogen-bond acceptors (Lipinski definition) is 2. The smallest absolute Gasteiger partial charge is 0.227 e. The summed E-state index contributed by atoms with van der Waals surface area (Å²) in [5.41, 5.74) is 6.05. The number of anilines is 1. The van der Waals surface area contributed by atoms with Crippen molar-refractivity contribution in [1.29, 1.82) is 0 Å². The van der Waals surface area contributed by atoms with Crippen LogP contribution in [0.2, 0.25) is 0 Å². The van der Waals surface area contributed by atoms with E-state index in [4.69, 9.17) is 0 Å². The van der Waals surface area contributed by atoms with E-state index in [1.807, 2.05) is 24.8 Å². The number of rotatable bonds is 3. The number of hydrogen-bond donors (Lipinski definition) is 1. The summed E-state index contributed by atoms with van der Waals surface area (Å²) < 4.78 is 0. The van der Waals surface area contributed by atoms with E-state index in [0.717, 1.165) is 24.9 Å². The van der Waals surface area contributed by atoms with Gasteiger partial charge in [0.15, 0.2) is 0 Å². The second-order valence-electron chi connectivity index (χ2n) is 7.95. The van der Waals surface area contributed by atoms with Crippen molar-refractivity contribution in [3.63, 3.8) is 0 Å². The van der Waals surface area contributed by atoms with Crippen molar-refractivity contribution in [3.8, 4) is 11.1 Å². The second kappa shape index (κ2) is 7.18. The van der Waals surface area contributed by atoms with Crippen LogP contribution in [-0.4, -0.2) is 29.8 Å². The third kappa shape index (κ3) is 3.48. The number of nitrogens with zero attached hydrogens (tertiary/aromatic N) is 1. The van der Waals surface area contributed by atoms with Gasteiger partial charge in [-0.2, -0.15) is 0 Å². The van der Waals surface area contributed by atoms with Gasteiger partial charge in [0, 0.05) is 30.6 Å². The molecule has 4 nitrogen and oxygen atoms in total. The van der Waals surface area contributed by atoms with Crippen molar-refractivity contribution >= 4 is 17.5 Å². The molecule has 1 saturated heterocycles. The normalized spacial score (nSPS) is 16.2. The molecule has 1 N–H and O–H groups in total. The Kier molecular flexibility index (Phi) is 4.73. The van der Waals surface area contributed by atoms with Gasteiger partial charge in [-0.1, -0.05) is 44.2 Å². The van der Waals surface area contributed by atoms with Crippen LogP contribution in [0.3, 0.4) is 0 Å². The Labute approximate surface area is 160 Å². The highest BCUT2D eigenvalue weighted by atomic mass is 16.2. The molecule has 0 radical (unpaired) electrons. The summed E-state index contributed by atoms with van der Waals surface area (Å²) in [6.07, 6.45) is 2.40. The zero-order valence-electron chi connectivity index (χ0n) is 16.0. The number of carbonyl (C=O) groups is 2. The number of benzene rings is 2. The molecule has 27 heavy (non-hydrogen) atoms. The quantitative estimate of drug-likeness (QED) is 0.763. The molecular formula is C23H26N2O2. The lowest BCUT2D eigenvalue weighted by molar-refractivity contribution is -0.137. The molecule has 4 heteroatoms. The van der Waals surface area contributed by atoms with Gasteiger partial charge in [-0.15, -0.1) is 0 Å². The maximum atomic E-state index is 12.7. The van der Waals surface area contributed by atoms with Crippen LogP contribution < -0.4 is 5.32 Å². The van der Waals surface area contributed by atoms with Crippen LogP contribution in [0, 0.1) is 11.8 Å². The predicted octanol–water partition coefficient (Wildman–Crippen LogP) is 4.09. The van der Waals surface area contributed by atoms with Crippen LogP contribution in [-0.2, 0) is 16.0 Å². The van der Waals surface area contributed by atoms with Crippen LogP contribution in [0.1, 0.15) is 37.8 Å². The first-order valence-electron chi connectivity index (χ1n) is 9.84. The molecule has 4 rings (SSSR count). The molecule has 0 unspecified atom stereocenters. The summed E-state index contributed by atoms with van der Waals surface area (Å²) in [6.45, 7) is 5.20. The first-order chi connectivity index (χ1) is 13.0. The van der Waals surface area contributed by atoms with E-state index >= 15 is 0 Å². The molecule has 2 aromatic carbocycles. The van der Waals surface area contributed by atoms with Crippen molar-refractivity contribution in [2.24, 2.45) is 11.8 Å². The maximum Gasteiger partial charge on any atom is 0.227 e. The van der Waals surface area contributed by atoms with E-state index in [-0.39, 0.29) is 23.7 Å². The number of likely N-dealkylation sites (tertiary alicyclic amines) is 1. The Hall–Kier alpha value is -2.62. The molecule has 1 heterocycles. The van der Waals surface area contributed by atoms with Gasteiger partial charge in [-0.05, 0) is 53.6 Å². The van der Waals surface area contributed by atoms with Gasteiger partial charge < -0.3 is 10.2 Å². The van der Waals surface area contributed by atoms with Crippen LogP contribution >= 0.6 is 0 Å². The molecule has 0 saturated carbocycles. The van der Waals surface area contributed by atoms with Gasteiger partial charge in [-0.3, -0.25) is 9.59 Å². The molecule has 1 fully saturated rings. The highest BCUT2D eigenvalue weighted by molar-refractivity contribution is 5.93. The number of piperidine rings is 1. The molecule has 140 valence electrons. The predicted molar refractivity (Wildman–Crippen MR) is 107 cm³/mol. The van der Waals surface area contributed by atoms with Crippen LogP contribution in [0.25, 0.3) is 11.1 Å². The van der Waals surface area contributed by atoms with Crippen LogP contribution in [0.4, 0.5) is 5.69 Å². The molecule has 0 atom stereocenters. The van der Waals surface area contributed by atoms with Gasteiger partial charge in [-0.25, -0.2) is 0 Å². The van der Waals surface area contributed by atoms with Crippen LogP contribution in [0.15, 0.2) is 42.5 Å². The van der Waals surface area contributed by atoms with E-state index in [9.17, 15) is 9.59 Å². The Morgan fingerprint density at radius 2 is 1.70 bits per heavy atom. The molecule has 2 amide bonds. The van der Waals surface area contributed by atoms with Gasteiger partial charge in [0.05, 0.1) is 0 Å². The monoisotopic (exact) mass is 362 g/mol. The van der Waals surface area contributed by atoms with Crippen molar-refractivity contribution in [2.75, 3.05) is 18.4 Å². The first kappa shape index (κ1) is 17.8. The second-order valence-corrected chi connectivity index (χ2v) is 7.95. The fourth-order valence-corrected chi connectivity index (χ4v) is 4.19. The minimum atomic E-state index is -0.0216. The van der Waals surface area contributed by atoms with Gasteiger partial charge in [0.25, 0.3) is 0 Å². The molecule has 0 aromatic heterocycles. The van der Waals surface area contributed by atoms with E-state index in [2.05, 4.69) is 41.7 Å². The largest absolute Gasteiger partial charge is 0.342 e. The van der Waals surface area contributed by atoms with Crippen molar-refractivity contribution in [2.45, 2.75) is 33.1 Å². The Morgan fingerprint density at radius 3 is 2.44 bits per heavy atom. The Morgan fingerprint density at radius 1 is 1.00 bits per heavy atom. The fraction of sp³-hybridized carbons (Fsp3) is 0.391. The van der Waals surface area contributed by atoms with E-state index in [0.29, 0.717) is 13.1 Å². The Bertz CT molecular complexity index is 880. The van der Waals surface area contributed by atoms with Gasteiger partial charge in [0.2, 0.25) is 11.8 Å². The van der Waals surface area contributed by atoms with Gasteiger partial charge >= 0.3 is 0 Å². The molecule has 2 aliphatic rings. The number of carbonyl (C=O) groups excluding carboxylic acids is 2. The molecule has 0 bridgehead atoms. The van der Waals surface area contributed by atoms with Crippen molar-refractivity contribution in [1.82, 2.24) is 4.90 Å². The topological polar surface area (TPSA) is 49.4 Å². The standard InChI is InChI=1S/C23H26N2O2/c1-15(2)23(27)25-11-9-16(10-12-25)22(26)24-19-7-8-21-18(14-19)13-17-5-3-4-6-20(17)21/h3-8,14-16H,9-13H2,1-2H3,(H,24,26). The van der Waals surface area contributed by atoms with E-state index < -0.39 is 0 Å². The molecule has 1 aliphatic heterocycles. The average Bonchev–Trinajstić information content (AvgIpc) is 3.05. The third-order valence-electron chi connectivity index (χ3n) is 5.73. The molecule has 0 spiro atoms. The number of nitrogens with one attached hydrogen (secondary N) is 1. The lowest BCUT2D eigenvalue weighted by Gasteiger charge is -2.32. The highest BCUT2D eigenvalue weighted by Gasteiger charge is 2.28. The maximum absolute atomic E-state index is 12.7. The van der Waals surface area contributed by atoms with Crippen molar-refractivity contribution < 1.29 is 9.59 Å². The van der Waals surface area contributed by atoms with Crippen LogP contribution in [0.5, 0.6) is 0 Å². The molecule has 2 aromatic rings. The summed E-state index contributed by atoms with van der Waals surface area (Å²) in [5.74, 6) is 0.256. The molecular weight excluding hydrogens is 336 g/mol.